The van der Waals surface area contributed by atoms with Crippen LogP contribution in [-0.4, -0.2) is 54.2 Å². The average molecular weight is 449 g/mol. The molecule has 4 aromatic rings. The summed E-state index contributed by atoms with van der Waals surface area (Å²) in [5.41, 5.74) is 2.85. The number of aryl methyl sites for hydroxylation is 1. The Morgan fingerprint density at radius 3 is 2.42 bits per heavy atom. The van der Waals surface area contributed by atoms with E-state index in [1.165, 1.54) is 0 Å². The summed E-state index contributed by atoms with van der Waals surface area (Å²) in [4.78, 5) is 27.8. The molecule has 1 atom stereocenters. The number of carbonyl (C=O) groups is 1. The summed E-state index contributed by atoms with van der Waals surface area (Å²) in [6, 6.07) is 7.90. The van der Waals surface area contributed by atoms with Gasteiger partial charge in [0.2, 0.25) is 5.82 Å². The summed E-state index contributed by atoms with van der Waals surface area (Å²) in [5.74, 6) is 0.725. The maximum absolute atomic E-state index is 12.6. The standard InChI is InChI=1S/C20H20N8O.2C2H6/c1-14-2-4-16(5-3-14)28-13-23-17(25-28)20(29)24-15-6-9-27(12-15)19-18-21-7-10-26(18)11-8-22-19;2*1-2/h2-5,7-8,10-11,13,15H,6,9,12H2,1H3,(H,24,29);2*1-2H3. The van der Waals surface area contributed by atoms with E-state index in [1.54, 1.807) is 23.4 Å². The average Bonchev–Trinajstić information content (AvgIpc) is 3.62. The molecule has 9 heteroatoms. The molecule has 0 aliphatic carbocycles. The SMILES string of the molecule is CC.CC.Cc1ccc(-n2cnc(C(=O)NC3CCN(c4nccn5ccnc45)C3)n2)cc1. The van der Waals surface area contributed by atoms with Crippen molar-refractivity contribution in [3.8, 4) is 5.69 Å². The van der Waals surface area contributed by atoms with Crippen molar-refractivity contribution in [1.82, 2.24) is 34.4 Å². The van der Waals surface area contributed by atoms with E-state index in [0.717, 1.165) is 35.7 Å². The summed E-state index contributed by atoms with van der Waals surface area (Å²) in [7, 11) is 0. The van der Waals surface area contributed by atoms with Crippen molar-refractivity contribution in [3.63, 3.8) is 0 Å². The number of nitrogens with one attached hydrogen (secondary N) is 1. The number of amides is 1. The Hall–Kier alpha value is -3.75. The van der Waals surface area contributed by atoms with E-state index in [9.17, 15) is 4.79 Å². The number of nitrogens with zero attached hydrogens (tertiary/aromatic N) is 7. The third-order valence-electron chi connectivity index (χ3n) is 5.11. The molecule has 0 bridgehead atoms. The second-order valence-electron chi connectivity index (χ2n) is 7.16. The van der Waals surface area contributed by atoms with Crippen LogP contribution in [0.1, 0.15) is 50.3 Å². The van der Waals surface area contributed by atoms with Crippen molar-refractivity contribution in [3.05, 3.63) is 66.8 Å². The Morgan fingerprint density at radius 2 is 1.70 bits per heavy atom. The number of hydrogen-bond acceptors (Lipinski definition) is 6. The lowest BCUT2D eigenvalue weighted by Gasteiger charge is -2.18. The van der Waals surface area contributed by atoms with Crippen LogP contribution in [0.3, 0.4) is 0 Å². The molecule has 3 aromatic heterocycles. The Morgan fingerprint density at radius 1 is 1.00 bits per heavy atom. The molecule has 4 heterocycles. The molecule has 1 aromatic carbocycles. The maximum atomic E-state index is 12.6. The second-order valence-corrected chi connectivity index (χ2v) is 7.16. The first kappa shape index (κ1) is 23.9. The molecule has 1 saturated heterocycles. The van der Waals surface area contributed by atoms with Crippen LogP contribution in [0, 0.1) is 6.92 Å². The van der Waals surface area contributed by atoms with E-state index < -0.39 is 0 Å². The van der Waals surface area contributed by atoms with Crippen molar-refractivity contribution >= 4 is 17.4 Å². The monoisotopic (exact) mass is 448 g/mol. The molecule has 9 nitrogen and oxygen atoms in total. The molecule has 1 aliphatic rings. The number of hydrogen-bond donors (Lipinski definition) is 1. The fourth-order valence-electron chi connectivity index (χ4n) is 3.57. The van der Waals surface area contributed by atoms with Crippen LogP contribution in [-0.2, 0) is 0 Å². The number of rotatable bonds is 4. The largest absolute Gasteiger partial charge is 0.351 e. The summed E-state index contributed by atoms with van der Waals surface area (Å²) in [6.45, 7) is 11.5. The van der Waals surface area contributed by atoms with Crippen LogP contribution in [0.5, 0.6) is 0 Å². The molecule has 0 radical (unpaired) electrons. The van der Waals surface area contributed by atoms with Crippen molar-refractivity contribution in [1.29, 1.82) is 0 Å². The summed E-state index contributed by atoms with van der Waals surface area (Å²) in [5, 5.41) is 7.35. The smallest absolute Gasteiger partial charge is 0.291 e. The lowest BCUT2D eigenvalue weighted by Crippen LogP contribution is -2.37. The van der Waals surface area contributed by atoms with E-state index in [-0.39, 0.29) is 17.8 Å². The molecule has 1 N–H and O–H groups in total. The van der Waals surface area contributed by atoms with Gasteiger partial charge in [0.05, 0.1) is 5.69 Å². The molecule has 1 aliphatic heterocycles. The third-order valence-corrected chi connectivity index (χ3v) is 5.11. The fourth-order valence-corrected chi connectivity index (χ4v) is 3.57. The number of anilines is 1. The number of carbonyl (C=O) groups excluding carboxylic acids is 1. The highest BCUT2D eigenvalue weighted by Gasteiger charge is 2.27. The molecular weight excluding hydrogens is 416 g/mol. The van der Waals surface area contributed by atoms with Gasteiger partial charge < -0.3 is 14.6 Å². The van der Waals surface area contributed by atoms with Gasteiger partial charge in [0.1, 0.15) is 6.33 Å². The number of benzene rings is 1. The van der Waals surface area contributed by atoms with Gasteiger partial charge in [-0.1, -0.05) is 45.4 Å². The predicted octanol–water partition coefficient (Wildman–Crippen LogP) is 3.68. The zero-order chi connectivity index (χ0) is 23.8. The minimum atomic E-state index is -0.269. The van der Waals surface area contributed by atoms with Crippen LogP contribution >= 0.6 is 0 Å². The molecule has 0 spiro atoms. The highest BCUT2D eigenvalue weighted by molar-refractivity contribution is 5.90. The Balaban J connectivity index is 0.000000728. The highest BCUT2D eigenvalue weighted by atomic mass is 16.2. The van der Waals surface area contributed by atoms with Gasteiger partial charge >= 0.3 is 0 Å². The van der Waals surface area contributed by atoms with Crippen molar-refractivity contribution in [2.45, 2.75) is 47.1 Å². The van der Waals surface area contributed by atoms with Gasteiger partial charge in [0.15, 0.2) is 11.5 Å². The van der Waals surface area contributed by atoms with Crippen LogP contribution < -0.4 is 10.2 Å². The van der Waals surface area contributed by atoms with Crippen LogP contribution in [0.2, 0.25) is 0 Å². The highest BCUT2D eigenvalue weighted by Crippen LogP contribution is 2.22. The zero-order valence-electron chi connectivity index (χ0n) is 19.9. The molecule has 0 saturated carbocycles. The van der Waals surface area contributed by atoms with Crippen molar-refractivity contribution in [2.24, 2.45) is 0 Å². The number of imidazole rings is 1. The third kappa shape index (κ3) is 5.36. The van der Waals surface area contributed by atoms with E-state index in [2.05, 4.69) is 30.3 Å². The first-order valence-electron chi connectivity index (χ1n) is 11.5. The topological polar surface area (TPSA) is 93.2 Å². The van der Waals surface area contributed by atoms with Gasteiger partial charge in [0, 0.05) is 43.9 Å². The summed E-state index contributed by atoms with van der Waals surface area (Å²) < 4.78 is 3.55. The van der Waals surface area contributed by atoms with Gasteiger partial charge in [-0.2, -0.15) is 0 Å². The van der Waals surface area contributed by atoms with E-state index in [4.69, 9.17) is 0 Å². The predicted molar refractivity (Wildman–Crippen MR) is 130 cm³/mol. The minimum absolute atomic E-state index is 0.00541. The molecule has 1 amide bonds. The lowest BCUT2D eigenvalue weighted by molar-refractivity contribution is 0.0930. The Labute approximate surface area is 194 Å². The molecule has 1 fully saturated rings. The second kappa shape index (κ2) is 11.2. The van der Waals surface area contributed by atoms with E-state index >= 15 is 0 Å². The van der Waals surface area contributed by atoms with Crippen molar-refractivity contribution in [2.75, 3.05) is 18.0 Å². The molecule has 1 unspecified atom stereocenters. The van der Waals surface area contributed by atoms with Gasteiger partial charge in [0.25, 0.3) is 5.91 Å². The quantitative estimate of drug-likeness (QED) is 0.512. The molecule has 33 heavy (non-hydrogen) atoms. The zero-order valence-corrected chi connectivity index (χ0v) is 19.9. The lowest BCUT2D eigenvalue weighted by atomic mass is 10.2. The van der Waals surface area contributed by atoms with Gasteiger partial charge in [-0.25, -0.2) is 19.6 Å². The first-order chi connectivity index (χ1) is 16.2. The summed E-state index contributed by atoms with van der Waals surface area (Å²) in [6.07, 6.45) is 9.67. The normalized spacial score (nSPS) is 14.8. The van der Waals surface area contributed by atoms with E-state index in [1.807, 2.05) is 75.7 Å². The van der Waals surface area contributed by atoms with Crippen LogP contribution in [0.4, 0.5) is 5.82 Å². The molecule has 5 rings (SSSR count). The van der Waals surface area contributed by atoms with Crippen molar-refractivity contribution < 1.29 is 4.79 Å². The van der Waals surface area contributed by atoms with Gasteiger partial charge in [-0.05, 0) is 25.5 Å². The number of aromatic nitrogens is 6. The van der Waals surface area contributed by atoms with Gasteiger partial charge in [-0.15, -0.1) is 5.10 Å². The van der Waals surface area contributed by atoms with E-state index in [0.29, 0.717) is 6.54 Å². The van der Waals surface area contributed by atoms with Gasteiger partial charge in [-0.3, -0.25) is 4.79 Å². The Bertz CT molecular complexity index is 1160. The Kier molecular flexibility index (Phi) is 8.12. The molecular formula is C24H32N8O. The maximum Gasteiger partial charge on any atom is 0.291 e. The fraction of sp³-hybridized carbons (Fsp3) is 0.375. The van der Waals surface area contributed by atoms with Crippen LogP contribution in [0.15, 0.2) is 55.4 Å². The minimum Gasteiger partial charge on any atom is -0.351 e. The molecule has 174 valence electrons. The van der Waals surface area contributed by atoms with Crippen LogP contribution in [0.25, 0.3) is 11.3 Å². The first-order valence-corrected chi connectivity index (χ1v) is 11.5. The summed E-state index contributed by atoms with van der Waals surface area (Å²) >= 11 is 0. The number of fused-ring (bicyclic) bond motifs is 1.